The Labute approximate surface area is 207 Å². The quantitative estimate of drug-likeness (QED) is 0.414. The van der Waals surface area contributed by atoms with Gasteiger partial charge in [0.25, 0.3) is 6.47 Å². The Morgan fingerprint density at radius 2 is 1.80 bits per heavy atom. The molecule has 1 heterocycles. The first-order valence-electron chi connectivity index (χ1n) is 10.9. The van der Waals surface area contributed by atoms with E-state index in [1.807, 2.05) is 24.3 Å². The molecule has 0 radical (unpaired) electrons. The molecule has 11 heteroatoms. The highest BCUT2D eigenvalue weighted by Gasteiger charge is 2.27. The molecule has 3 rings (SSSR count). The van der Waals surface area contributed by atoms with E-state index in [9.17, 15) is 18.0 Å². The molecule has 1 fully saturated rings. The zero-order valence-corrected chi connectivity index (χ0v) is 20.1. The summed E-state index contributed by atoms with van der Waals surface area (Å²) in [6.07, 6.45) is -0.146. The molecular formula is C24H29ClF3N3O4. The van der Waals surface area contributed by atoms with Gasteiger partial charge < -0.3 is 20.5 Å². The van der Waals surface area contributed by atoms with Crippen LogP contribution in [0.5, 0.6) is 0 Å². The van der Waals surface area contributed by atoms with E-state index in [0.717, 1.165) is 11.6 Å². The number of hydrogen-bond donors (Lipinski definition) is 2. The van der Waals surface area contributed by atoms with Crippen LogP contribution in [0.4, 0.5) is 13.2 Å². The third-order valence-electron chi connectivity index (χ3n) is 5.63. The van der Waals surface area contributed by atoms with E-state index in [4.69, 9.17) is 32.0 Å². The zero-order chi connectivity index (χ0) is 26.0. The summed E-state index contributed by atoms with van der Waals surface area (Å²) in [7, 11) is 1.68. The number of carbonyl (C=O) groups excluding carboxylic acids is 1. The van der Waals surface area contributed by atoms with Crippen LogP contribution in [0.1, 0.15) is 23.6 Å². The molecule has 1 saturated heterocycles. The minimum Gasteiger partial charge on any atom is -0.483 e. The Balaban J connectivity index is 0.00000137. The average Bonchev–Trinajstić information content (AvgIpc) is 2.82. The van der Waals surface area contributed by atoms with Crippen molar-refractivity contribution in [1.29, 1.82) is 0 Å². The second kappa shape index (κ2) is 14.0. The largest absolute Gasteiger partial charge is 0.483 e. The lowest BCUT2D eigenvalue weighted by molar-refractivity contribution is -0.131. The van der Waals surface area contributed by atoms with Crippen LogP contribution in [0.25, 0.3) is 0 Å². The summed E-state index contributed by atoms with van der Waals surface area (Å²) in [6.45, 7) is 2.76. The number of morpholine rings is 1. The van der Waals surface area contributed by atoms with Gasteiger partial charge in [0, 0.05) is 50.2 Å². The maximum absolute atomic E-state index is 13.9. The third-order valence-corrected chi connectivity index (χ3v) is 5.98. The standard InChI is InChI=1S/C23H27ClF3N3O2.CH2O2/c1-29(23(31)12-16(28)10-15-11-20(26)21(27)13-19(15)25)14-22(30-6-8-32-9-7-30)17-4-2-3-5-18(17)24;2-1-3/h2-5,11,13,16,22H,6-10,12,14,28H2,1H3;1H,(H,2,3)/t16-,22?;/m1./s1. The first-order valence-corrected chi connectivity index (χ1v) is 11.3. The van der Waals surface area contributed by atoms with Crippen molar-refractivity contribution in [3.8, 4) is 0 Å². The first kappa shape index (κ1) is 28.6. The molecule has 2 atom stereocenters. The number of carbonyl (C=O) groups is 2. The molecule has 2 aromatic rings. The Morgan fingerprint density at radius 3 is 2.43 bits per heavy atom. The molecular weight excluding hydrogens is 487 g/mol. The van der Waals surface area contributed by atoms with E-state index in [2.05, 4.69) is 4.90 Å². The third kappa shape index (κ3) is 8.50. The number of carboxylic acid groups (broad SMARTS) is 1. The number of rotatable bonds is 8. The van der Waals surface area contributed by atoms with Crippen molar-refractivity contribution in [2.45, 2.75) is 24.9 Å². The van der Waals surface area contributed by atoms with Crippen LogP contribution in [0.3, 0.4) is 0 Å². The number of benzene rings is 2. The minimum atomic E-state index is -1.26. The van der Waals surface area contributed by atoms with Gasteiger partial charge >= 0.3 is 0 Å². The highest BCUT2D eigenvalue weighted by Crippen LogP contribution is 2.29. The zero-order valence-electron chi connectivity index (χ0n) is 19.3. The number of hydrogen-bond acceptors (Lipinski definition) is 5. The smallest absolute Gasteiger partial charge is 0.290 e. The van der Waals surface area contributed by atoms with E-state index in [1.165, 1.54) is 0 Å². The number of halogens is 4. The molecule has 2 aromatic carbocycles. The number of nitrogens with zero attached hydrogens (tertiary/aromatic N) is 2. The lowest BCUT2D eigenvalue weighted by Crippen LogP contribution is -2.45. The summed E-state index contributed by atoms with van der Waals surface area (Å²) in [5.41, 5.74) is 6.89. The average molecular weight is 516 g/mol. The maximum atomic E-state index is 13.9. The van der Waals surface area contributed by atoms with Gasteiger partial charge in [0.2, 0.25) is 5.91 Å². The van der Waals surface area contributed by atoms with Crippen molar-refractivity contribution in [3.63, 3.8) is 0 Å². The lowest BCUT2D eigenvalue weighted by atomic mass is 10.0. The monoisotopic (exact) mass is 515 g/mol. The molecule has 0 spiro atoms. The predicted molar refractivity (Wildman–Crippen MR) is 126 cm³/mol. The van der Waals surface area contributed by atoms with Crippen molar-refractivity contribution in [2.75, 3.05) is 39.9 Å². The summed E-state index contributed by atoms with van der Waals surface area (Å²) in [5, 5.41) is 7.51. The summed E-state index contributed by atoms with van der Waals surface area (Å²) >= 11 is 6.44. The minimum absolute atomic E-state index is 0.0610. The molecule has 0 aromatic heterocycles. The molecule has 192 valence electrons. The highest BCUT2D eigenvalue weighted by atomic mass is 35.5. The normalized spacial score (nSPS) is 15.5. The Morgan fingerprint density at radius 1 is 1.20 bits per heavy atom. The molecule has 0 bridgehead atoms. The van der Waals surface area contributed by atoms with Crippen LogP contribution in [0, 0.1) is 17.5 Å². The molecule has 1 unspecified atom stereocenters. The van der Waals surface area contributed by atoms with Crippen LogP contribution < -0.4 is 5.73 Å². The van der Waals surface area contributed by atoms with Gasteiger partial charge in [0.15, 0.2) is 11.6 Å². The van der Waals surface area contributed by atoms with Gasteiger partial charge in [-0.1, -0.05) is 29.8 Å². The molecule has 1 amide bonds. The van der Waals surface area contributed by atoms with Crippen LogP contribution in [0.15, 0.2) is 36.4 Å². The number of amides is 1. The Kier molecular flexibility index (Phi) is 11.5. The number of likely N-dealkylation sites (N-methyl/N-ethyl adjacent to an activating group) is 1. The predicted octanol–water partition coefficient (Wildman–Crippen LogP) is 3.25. The van der Waals surface area contributed by atoms with Crippen molar-refractivity contribution >= 4 is 24.0 Å². The van der Waals surface area contributed by atoms with Gasteiger partial charge in [-0.05, 0) is 29.7 Å². The topological polar surface area (TPSA) is 96.1 Å². The van der Waals surface area contributed by atoms with E-state index in [1.54, 1.807) is 11.9 Å². The summed E-state index contributed by atoms with van der Waals surface area (Å²) < 4.78 is 45.9. The maximum Gasteiger partial charge on any atom is 0.290 e. The molecule has 1 aliphatic heterocycles. The molecule has 0 aliphatic carbocycles. The fraction of sp³-hybridized carbons (Fsp3) is 0.417. The van der Waals surface area contributed by atoms with Gasteiger partial charge in [-0.25, -0.2) is 13.2 Å². The second-order valence-electron chi connectivity index (χ2n) is 8.09. The fourth-order valence-corrected chi connectivity index (χ4v) is 4.12. The van der Waals surface area contributed by atoms with Crippen LogP contribution in [0.2, 0.25) is 5.02 Å². The van der Waals surface area contributed by atoms with Gasteiger partial charge in [-0.2, -0.15) is 0 Å². The van der Waals surface area contributed by atoms with Gasteiger partial charge in [0.05, 0.1) is 19.3 Å². The lowest BCUT2D eigenvalue weighted by Gasteiger charge is -2.37. The van der Waals surface area contributed by atoms with Gasteiger partial charge in [-0.15, -0.1) is 0 Å². The Hall–Kier alpha value is -2.66. The summed E-state index contributed by atoms with van der Waals surface area (Å²) in [6, 6.07) is 7.92. The van der Waals surface area contributed by atoms with Gasteiger partial charge in [0.1, 0.15) is 5.82 Å². The molecule has 1 aliphatic rings. The van der Waals surface area contributed by atoms with Crippen LogP contribution in [-0.2, 0) is 20.7 Å². The first-order chi connectivity index (χ1) is 16.7. The molecule has 35 heavy (non-hydrogen) atoms. The molecule has 7 nitrogen and oxygen atoms in total. The van der Waals surface area contributed by atoms with E-state index >= 15 is 0 Å². The summed E-state index contributed by atoms with van der Waals surface area (Å²) in [5.74, 6) is -3.52. The second-order valence-corrected chi connectivity index (χ2v) is 8.50. The van der Waals surface area contributed by atoms with Crippen molar-refractivity contribution in [1.82, 2.24) is 9.80 Å². The van der Waals surface area contributed by atoms with E-state index in [-0.39, 0.29) is 36.8 Å². The Bertz CT molecular complexity index is 992. The van der Waals surface area contributed by atoms with Crippen molar-refractivity contribution < 1.29 is 32.6 Å². The number of nitrogens with two attached hydrogens (primary N) is 1. The van der Waals surface area contributed by atoms with E-state index in [0.29, 0.717) is 43.9 Å². The molecule has 0 saturated carbocycles. The molecule has 3 N–H and O–H groups in total. The number of ether oxygens (including phenoxy) is 1. The SMILES string of the molecule is CN(CC(c1ccccc1Cl)N1CCOCC1)C(=O)C[C@H](N)Cc1cc(F)c(F)cc1F.O=CO. The highest BCUT2D eigenvalue weighted by molar-refractivity contribution is 6.31. The van der Waals surface area contributed by atoms with Crippen molar-refractivity contribution in [3.05, 3.63) is 70.0 Å². The van der Waals surface area contributed by atoms with Gasteiger partial charge in [-0.3, -0.25) is 14.5 Å². The van der Waals surface area contributed by atoms with Crippen LogP contribution in [-0.4, -0.2) is 73.2 Å². The fourth-order valence-electron chi connectivity index (χ4n) is 3.86. The van der Waals surface area contributed by atoms with E-state index < -0.39 is 23.5 Å². The summed E-state index contributed by atoms with van der Waals surface area (Å²) in [4.78, 5) is 25.0. The van der Waals surface area contributed by atoms with Crippen LogP contribution >= 0.6 is 11.6 Å². The van der Waals surface area contributed by atoms with Crippen molar-refractivity contribution in [2.24, 2.45) is 5.73 Å².